The predicted octanol–water partition coefficient (Wildman–Crippen LogP) is 5.34. The zero-order chi connectivity index (χ0) is 21.2. The quantitative estimate of drug-likeness (QED) is 0.432. The first kappa shape index (κ1) is 19.0. The second-order valence-corrected chi connectivity index (χ2v) is 7.20. The Balaban J connectivity index is 1.79. The largest absolute Gasteiger partial charge is 0.488 e. The Hall–Kier alpha value is -4.04. The summed E-state index contributed by atoms with van der Waals surface area (Å²) in [6.45, 7) is 2.69. The van der Waals surface area contributed by atoms with Crippen LogP contribution in [0, 0.1) is 11.3 Å². The van der Waals surface area contributed by atoms with Crippen LogP contribution in [0.4, 0.5) is 0 Å². The van der Waals surface area contributed by atoms with Gasteiger partial charge in [-0.3, -0.25) is 0 Å². The number of fused-ring (bicyclic) bond motifs is 3. The average Bonchev–Trinajstić information content (AvgIpc) is 2.83. The molecule has 0 spiro atoms. The van der Waals surface area contributed by atoms with E-state index < -0.39 is 6.23 Å². The lowest BCUT2D eigenvalue weighted by Crippen LogP contribution is -2.25. The summed E-state index contributed by atoms with van der Waals surface area (Å²) in [6.07, 6.45) is 0.565. The van der Waals surface area contributed by atoms with Gasteiger partial charge in [0, 0.05) is 11.1 Å². The molecule has 5 nitrogen and oxygen atoms in total. The molecule has 2 aliphatic rings. The van der Waals surface area contributed by atoms with Crippen molar-refractivity contribution in [2.75, 3.05) is 13.2 Å². The molecule has 2 aliphatic heterocycles. The summed E-state index contributed by atoms with van der Waals surface area (Å²) >= 11 is 0. The molecule has 5 rings (SSSR count). The fourth-order valence-electron chi connectivity index (χ4n) is 4.08. The lowest BCUT2D eigenvalue weighted by Gasteiger charge is -2.32. The third-order valence-electron chi connectivity index (χ3n) is 5.44. The van der Waals surface area contributed by atoms with Gasteiger partial charge in [0.25, 0.3) is 0 Å². The van der Waals surface area contributed by atoms with E-state index in [9.17, 15) is 5.26 Å². The zero-order valence-corrected chi connectivity index (χ0v) is 17.0. The standard InChI is InChI=1S/C26H20N2O3/c1-2-29-16-28-26-21(14-27)24(19-12-7-9-17-8-3-4-10-18(17)19)22-15-30-23-13-6-5-11-20(23)25(22)31-26/h3-13,16,26H,2,15H2,1H3/b28-16+. The molecule has 152 valence electrons. The summed E-state index contributed by atoms with van der Waals surface area (Å²) < 4.78 is 17.6. The van der Waals surface area contributed by atoms with Crippen LogP contribution < -0.4 is 4.74 Å². The van der Waals surface area contributed by atoms with Crippen LogP contribution in [0.1, 0.15) is 18.1 Å². The minimum Gasteiger partial charge on any atom is -0.488 e. The van der Waals surface area contributed by atoms with Crippen molar-refractivity contribution >= 4 is 28.5 Å². The van der Waals surface area contributed by atoms with Crippen LogP contribution in [-0.2, 0) is 9.47 Å². The molecule has 0 amide bonds. The van der Waals surface area contributed by atoms with E-state index in [1.807, 2.05) is 55.5 Å². The second-order valence-electron chi connectivity index (χ2n) is 7.20. The summed E-state index contributed by atoms with van der Waals surface area (Å²) in [4.78, 5) is 4.42. The van der Waals surface area contributed by atoms with E-state index in [2.05, 4.69) is 29.3 Å². The number of rotatable bonds is 4. The van der Waals surface area contributed by atoms with E-state index >= 15 is 0 Å². The number of benzene rings is 3. The third-order valence-corrected chi connectivity index (χ3v) is 5.44. The maximum absolute atomic E-state index is 10.1. The van der Waals surface area contributed by atoms with Crippen molar-refractivity contribution in [2.45, 2.75) is 13.2 Å². The molecule has 0 saturated carbocycles. The van der Waals surface area contributed by atoms with Crippen LogP contribution in [0.15, 0.2) is 82.9 Å². The van der Waals surface area contributed by atoms with Crippen LogP contribution in [0.3, 0.4) is 0 Å². The molecule has 5 heteroatoms. The van der Waals surface area contributed by atoms with Crippen LogP contribution in [0.2, 0.25) is 0 Å². The lowest BCUT2D eigenvalue weighted by atomic mass is 9.85. The molecular weight excluding hydrogens is 388 g/mol. The summed E-state index contributed by atoms with van der Waals surface area (Å²) in [5.74, 6) is 1.45. The Kier molecular flexibility index (Phi) is 4.89. The molecule has 31 heavy (non-hydrogen) atoms. The van der Waals surface area contributed by atoms with Crippen LogP contribution in [0.5, 0.6) is 5.75 Å². The molecule has 0 fully saturated rings. The number of aliphatic imine (C=N–C) groups is 1. The molecule has 1 unspecified atom stereocenters. The maximum Gasteiger partial charge on any atom is 0.229 e. The fraction of sp³-hybridized carbons (Fsp3) is 0.154. The summed E-state index contributed by atoms with van der Waals surface area (Å²) in [5.41, 5.74) is 3.93. The van der Waals surface area contributed by atoms with Crippen molar-refractivity contribution < 1.29 is 14.2 Å². The molecule has 0 radical (unpaired) electrons. The van der Waals surface area contributed by atoms with Crippen molar-refractivity contribution in [2.24, 2.45) is 4.99 Å². The highest BCUT2D eigenvalue weighted by Crippen LogP contribution is 2.46. The van der Waals surface area contributed by atoms with Crippen molar-refractivity contribution in [3.8, 4) is 11.8 Å². The Labute approximate surface area is 180 Å². The SMILES string of the molecule is CCO/C=N/C1OC2=C(COc3ccccc32)C(c2cccc3ccccc23)=C1C#N. The Bertz CT molecular complexity index is 1290. The van der Waals surface area contributed by atoms with Gasteiger partial charge in [0.1, 0.15) is 29.8 Å². The molecule has 1 atom stereocenters. The Morgan fingerprint density at radius 1 is 1.06 bits per heavy atom. The van der Waals surface area contributed by atoms with Gasteiger partial charge in [0.15, 0.2) is 6.40 Å². The number of ether oxygens (including phenoxy) is 3. The summed E-state index contributed by atoms with van der Waals surface area (Å²) in [7, 11) is 0. The summed E-state index contributed by atoms with van der Waals surface area (Å²) in [5, 5.41) is 12.3. The highest BCUT2D eigenvalue weighted by Gasteiger charge is 2.36. The van der Waals surface area contributed by atoms with Crippen molar-refractivity contribution in [1.29, 1.82) is 5.26 Å². The Morgan fingerprint density at radius 3 is 2.71 bits per heavy atom. The normalized spacial score (nSPS) is 17.6. The van der Waals surface area contributed by atoms with Gasteiger partial charge in [-0.15, -0.1) is 0 Å². The smallest absolute Gasteiger partial charge is 0.229 e. The van der Waals surface area contributed by atoms with E-state index in [1.54, 1.807) is 0 Å². The van der Waals surface area contributed by atoms with Gasteiger partial charge in [-0.2, -0.15) is 5.26 Å². The van der Waals surface area contributed by atoms with Gasteiger partial charge in [-0.1, -0.05) is 54.6 Å². The zero-order valence-electron chi connectivity index (χ0n) is 17.0. The van der Waals surface area contributed by atoms with Crippen LogP contribution >= 0.6 is 0 Å². The van der Waals surface area contributed by atoms with Gasteiger partial charge < -0.3 is 14.2 Å². The third kappa shape index (κ3) is 3.23. The molecule has 0 N–H and O–H groups in total. The predicted molar refractivity (Wildman–Crippen MR) is 120 cm³/mol. The molecule has 2 heterocycles. The van der Waals surface area contributed by atoms with Gasteiger partial charge in [0.05, 0.1) is 12.2 Å². The number of nitrogens with zero attached hydrogens (tertiary/aromatic N) is 2. The molecule has 0 saturated heterocycles. The number of hydrogen-bond acceptors (Lipinski definition) is 5. The maximum atomic E-state index is 10.1. The van der Waals surface area contributed by atoms with Crippen molar-refractivity contribution in [3.63, 3.8) is 0 Å². The summed E-state index contributed by atoms with van der Waals surface area (Å²) in [6, 6.07) is 24.4. The average molecular weight is 408 g/mol. The van der Waals surface area contributed by atoms with Gasteiger partial charge in [0.2, 0.25) is 6.23 Å². The van der Waals surface area contributed by atoms with Gasteiger partial charge >= 0.3 is 0 Å². The topological polar surface area (TPSA) is 63.8 Å². The first-order valence-corrected chi connectivity index (χ1v) is 10.2. The van der Waals surface area contributed by atoms with E-state index in [4.69, 9.17) is 14.2 Å². The van der Waals surface area contributed by atoms with E-state index in [0.717, 1.165) is 38.8 Å². The highest BCUT2D eigenvalue weighted by atomic mass is 16.5. The van der Waals surface area contributed by atoms with Gasteiger partial charge in [-0.25, -0.2) is 4.99 Å². The molecule has 0 aromatic heterocycles. The van der Waals surface area contributed by atoms with Crippen LogP contribution in [0.25, 0.3) is 22.1 Å². The lowest BCUT2D eigenvalue weighted by molar-refractivity contribution is 0.196. The van der Waals surface area contributed by atoms with E-state index in [0.29, 0.717) is 24.5 Å². The molecular formula is C26H20N2O3. The first-order valence-electron chi connectivity index (χ1n) is 10.2. The van der Waals surface area contributed by atoms with Crippen molar-refractivity contribution in [3.05, 3.63) is 89.0 Å². The van der Waals surface area contributed by atoms with Gasteiger partial charge in [-0.05, 0) is 35.4 Å². The molecule has 3 aromatic rings. The molecule has 0 aliphatic carbocycles. The first-order chi connectivity index (χ1) is 15.3. The minimum absolute atomic E-state index is 0.317. The number of nitriles is 1. The molecule has 0 bridgehead atoms. The van der Waals surface area contributed by atoms with E-state index in [-0.39, 0.29) is 0 Å². The van der Waals surface area contributed by atoms with Crippen molar-refractivity contribution in [1.82, 2.24) is 0 Å². The second kappa shape index (κ2) is 8.00. The van der Waals surface area contributed by atoms with Crippen LogP contribution in [-0.4, -0.2) is 25.8 Å². The highest BCUT2D eigenvalue weighted by molar-refractivity contribution is 6.03. The van der Waals surface area contributed by atoms with E-state index in [1.165, 1.54) is 6.40 Å². The fourth-order valence-corrected chi connectivity index (χ4v) is 4.08. The molecule has 3 aromatic carbocycles. The number of para-hydroxylation sites is 1. The minimum atomic E-state index is -0.796. The monoisotopic (exact) mass is 408 g/mol. The number of hydrogen-bond donors (Lipinski definition) is 0. The Morgan fingerprint density at radius 2 is 1.84 bits per heavy atom.